The fourth-order valence-corrected chi connectivity index (χ4v) is 5.66. The standard InChI is InChI=1S/C32H41N5O4/c1-4-8-29(38)32(24-9-6-5-7-10-24)15-17-37(18-16-32)31(40)28(19-23-11-13-26(41-3)14-12-23)35-30(39)27(33)20-25-21-34-22-36(25)2/h5-7,9-14,21-22,27-28H,4,8,15-20,33H2,1-3H3,(H,35,39)/t27-,28+/m0/s1. The van der Waals surface area contributed by atoms with Crippen LogP contribution in [0.1, 0.15) is 49.4 Å². The van der Waals surface area contributed by atoms with Crippen LogP contribution in [-0.2, 0) is 39.7 Å². The van der Waals surface area contributed by atoms with Gasteiger partial charge in [0.2, 0.25) is 11.8 Å². The summed E-state index contributed by atoms with van der Waals surface area (Å²) in [6.07, 6.45) is 6.33. The third-order valence-corrected chi connectivity index (χ3v) is 8.16. The maximum absolute atomic E-state index is 13.9. The largest absolute Gasteiger partial charge is 0.497 e. The van der Waals surface area contributed by atoms with Crippen LogP contribution >= 0.6 is 0 Å². The number of methoxy groups -OCH3 is 1. The van der Waals surface area contributed by atoms with E-state index in [-0.39, 0.29) is 11.7 Å². The number of amides is 2. The van der Waals surface area contributed by atoms with E-state index >= 15 is 0 Å². The number of aryl methyl sites for hydroxylation is 1. The average Bonchev–Trinajstić information content (AvgIpc) is 3.41. The van der Waals surface area contributed by atoms with Crippen LogP contribution in [0.3, 0.4) is 0 Å². The zero-order valence-corrected chi connectivity index (χ0v) is 24.2. The van der Waals surface area contributed by atoms with Gasteiger partial charge in [-0.3, -0.25) is 14.4 Å². The minimum atomic E-state index is -0.838. The first-order valence-electron chi connectivity index (χ1n) is 14.3. The zero-order valence-electron chi connectivity index (χ0n) is 24.2. The molecule has 1 aromatic heterocycles. The Hall–Kier alpha value is -3.98. The van der Waals surface area contributed by atoms with Crippen LogP contribution < -0.4 is 15.8 Å². The number of ketones is 1. The van der Waals surface area contributed by atoms with Crippen LogP contribution in [0, 0.1) is 0 Å². The van der Waals surface area contributed by atoms with E-state index in [1.807, 2.05) is 73.1 Å². The summed E-state index contributed by atoms with van der Waals surface area (Å²) >= 11 is 0. The first-order chi connectivity index (χ1) is 19.8. The van der Waals surface area contributed by atoms with Gasteiger partial charge in [0.15, 0.2) is 0 Å². The molecule has 0 saturated carbocycles. The van der Waals surface area contributed by atoms with E-state index in [9.17, 15) is 14.4 Å². The summed E-state index contributed by atoms with van der Waals surface area (Å²) in [5.74, 6) is 0.366. The summed E-state index contributed by atoms with van der Waals surface area (Å²) in [7, 11) is 3.45. The summed E-state index contributed by atoms with van der Waals surface area (Å²) in [5.41, 5.74) is 8.39. The monoisotopic (exact) mass is 559 g/mol. The summed E-state index contributed by atoms with van der Waals surface area (Å²) < 4.78 is 7.09. The lowest BCUT2D eigenvalue weighted by atomic mass is 9.68. The fourth-order valence-electron chi connectivity index (χ4n) is 5.66. The van der Waals surface area contributed by atoms with Crippen molar-refractivity contribution >= 4 is 17.6 Å². The lowest BCUT2D eigenvalue weighted by Gasteiger charge is -2.42. The van der Waals surface area contributed by atoms with Gasteiger partial charge in [-0.2, -0.15) is 0 Å². The quantitative estimate of drug-likeness (QED) is 0.352. The lowest BCUT2D eigenvalue weighted by Crippen LogP contribution is -2.57. The van der Waals surface area contributed by atoms with Gasteiger partial charge in [-0.15, -0.1) is 0 Å². The Morgan fingerprint density at radius 1 is 1.05 bits per heavy atom. The molecule has 218 valence electrons. The zero-order chi connectivity index (χ0) is 29.4. The predicted molar refractivity (Wildman–Crippen MR) is 157 cm³/mol. The molecule has 1 aliphatic rings. The van der Waals surface area contributed by atoms with Crippen LogP contribution in [0.2, 0.25) is 0 Å². The molecular formula is C32H41N5O4. The van der Waals surface area contributed by atoms with Gasteiger partial charge in [-0.1, -0.05) is 49.4 Å². The highest BCUT2D eigenvalue weighted by Crippen LogP contribution is 2.38. The van der Waals surface area contributed by atoms with E-state index in [0.717, 1.165) is 23.2 Å². The molecule has 0 bridgehead atoms. The molecule has 4 rings (SSSR count). The Kier molecular flexibility index (Phi) is 9.94. The molecule has 3 aromatic rings. The Morgan fingerprint density at radius 2 is 1.73 bits per heavy atom. The molecule has 1 fully saturated rings. The highest BCUT2D eigenvalue weighted by Gasteiger charge is 2.43. The van der Waals surface area contributed by atoms with Crippen molar-refractivity contribution in [3.05, 3.63) is 83.9 Å². The molecule has 9 nitrogen and oxygen atoms in total. The molecule has 2 heterocycles. The maximum Gasteiger partial charge on any atom is 0.245 e. The van der Waals surface area contributed by atoms with Gasteiger partial charge in [-0.25, -0.2) is 4.98 Å². The minimum Gasteiger partial charge on any atom is -0.497 e. The normalized spacial score (nSPS) is 16.0. The molecule has 0 aliphatic carbocycles. The van der Waals surface area contributed by atoms with Crippen molar-refractivity contribution in [1.29, 1.82) is 0 Å². The molecule has 0 radical (unpaired) electrons. The van der Waals surface area contributed by atoms with Crippen molar-refractivity contribution in [3.63, 3.8) is 0 Å². The van der Waals surface area contributed by atoms with E-state index in [0.29, 0.717) is 50.9 Å². The average molecular weight is 560 g/mol. The van der Waals surface area contributed by atoms with Crippen molar-refractivity contribution < 1.29 is 19.1 Å². The number of benzene rings is 2. The van der Waals surface area contributed by atoms with Gasteiger partial charge in [0.05, 0.1) is 24.9 Å². The van der Waals surface area contributed by atoms with Crippen LogP contribution in [0.4, 0.5) is 0 Å². The lowest BCUT2D eigenvalue weighted by molar-refractivity contribution is -0.139. The molecule has 0 spiro atoms. The van der Waals surface area contributed by atoms with E-state index in [2.05, 4.69) is 10.3 Å². The number of nitrogens with one attached hydrogen (secondary N) is 1. The molecule has 3 N–H and O–H groups in total. The Bertz CT molecular complexity index is 1310. The number of hydrogen-bond acceptors (Lipinski definition) is 6. The third kappa shape index (κ3) is 7.03. The van der Waals surface area contributed by atoms with Crippen molar-refractivity contribution in [1.82, 2.24) is 19.8 Å². The molecule has 2 atom stereocenters. The second-order valence-corrected chi connectivity index (χ2v) is 10.9. The number of ether oxygens (including phenoxy) is 1. The van der Waals surface area contributed by atoms with Gasteiger partial charge < -0.3 is 25.3 Å². The highest BCUT2D eigenvalue weighted by molar-refractivity contribution is 5.92. The van der Waals surface area contributed by atoms with Crippen molar-refractivity contribution in [2.24, 2.45) is 12.8 Å². The number of hydrogen-bond donors (Lipinski definition) is 2. The number of imidazole rings is 1. The van der Waals surface area contributed by atoms with Crippen LogP contribution in [0.25, 0.3) is 0 Å². The Morgan fingerprint density at radius 3 is 2.32 bits per heavy atom. The number of likely N-dealkylation sites (tertiary alicyclic amines) is 1. The molecule has 9 heteroatoms. The highest BCUT2D eigenvalue weighted by atomic mass is 16.5. The van der Waals surface area contributed by atoms with Crippen LogP contribution in [0.5, 0.6) is 5.75 Å². The third-order valence-electron chi connectivity index (χ3n) is 8.16. The molecule has 1 saturated heterocycles. The summed E-state index contributed by atoms with van der Waals surface area (Å²) in [6.45, 7) is 2.87. The second kappa shape index (κ2) is 13.6. The van der Waals surface area contributed by atoms with Gasteiger partial charge in [0, 0.05) is 51.3 Å². The molecule has 0 unspecified atom stereocenters. The maximum atomic E-state index is 13.9. The van der Waals surface area contributed by atoms with Gasteiger partial charge >= 0.3 is 0 Å². The van der Waals surface area contributed by atoms with E-state index < -0.39 is 23.4 Å². The van der Waals surface area contributed by atoms with Gasteiger partial charge in [-0.05, 0) is 42.5 Å². The number of rotatable bonds is 12. The summed E-state index contributed by atoms with van der Waals surface area (Å²) in [4.78, 5) is 46.4. The molecular weight excluding hydrogens is 518 g/mol. The number of aromatic nitrogens is 2. The van der Waals surface area contributed by atoms with Crippen LogP contribution in [0.15, 0.2) is 67.1 Å². The van der Waals surface area contributed by atoms with Crippen molar-refractivity contribution in [3.8, 4) is 5.75 Å². The SMILES string of the molecule is CCCC(=O)C1(c2ccccc2)CCN(C(=O)[C@@H](Cc2ccc(OC)cc2)NC(=O)[C@@H](N)Cc2cncn2C)CC1. The number of Topliss-reactive ketones (excluding diaryl/α,β-unsaturated/α-hetero) is 1. The van der Waals surface area contributed by atoms with E-state index in [4.69, 9.17) is 10.5 Å². The number of piperidine rings is 1. The molecule has 2 amide bonds. The number of carbonyl (C=O) groups is 3. The number of nitrogens with zero attached hydrogens (tertiary/aromatic N) is 3. The van der Waals surface area contributed by atoms with E-state index in [1.54, 1.807) is 24.5 Å². The first kappa shape index (κ1) is 30.0. The number of nitrogens with two attached hydrogens (primary N) is 1. The second-order valence-electron chi connectivity index (χ2n) is 10.9. The molecule has 41 heavy (non-hydrogen) atoms. The smallest absolute Gasteiger partial charge is 0.245 e. The predicted octanol–water partition coefficient (Wildman–Crippen LogP) is 2.96. The Labute approximate surface area is 242 Å². The topological polar surface area (TPSA) is 120 Å². The van der Waals surface area contributed by atoms with E-state index in [1.165, 1.54) is 0 Å². The molecule has 2 aromatic carbocycles. The van der Waals surface area contributed by atoms with Gasteiger partial charge in [0.25, 0.3) is 0 Å². The fraction of sp³-hybridized carbons (Fsp3) is 0.438. The number of carbonyl (C=O) groups excluding carboxylic acids is 3. The first-order valence-corrected chi connectivity index (χ1v) is 14.3. The summed E-state index contributed by atoms with van der Waals surface area (Å²) in [5, 5.41) is 2.94. The minimum absolute atomic E-state index is 0.175. The van der Waals surface area contributed by atoms with Crippen molar-refractivity contribution in [2.75, 3.05) is 20.2 Å². The van der Waals surface area contributed by atoms with Crippen molar-refractivity contribution in [2.45, 2.75) is 62.9 Å². The Balaban J connectivity index is 1.52. The van der Waals surface area contributed by atoms with Crippen LogP contribution in [-0.4, -0.2) is 64.3 Å². The summed E-state index contributed by atoms with van der Waals surface area (Å²) in [6, 6.07) is 15.7. The van der Waals surface area contributed by atoms with Gasteiger partial charge in [0.1, 0.15) is 17.6 Å². The molecule has 1 aliphatic heterocycles.